The van der Waals surface area contributed by atoms with Crippen LogP contribution in [0, 0.1) is 5.92 Å². The number of ether oxygens (including phenoxy) is 7. The molecule has 0 radical (unpaired) electrons. The third-order valence-corrected chi connectivity index (χ3v) is 7.81. The molecule has 1 saturated heterocycles. The van der Waals surface area contributed by atoms with Gasteiger partial charge in [0.15, 0.2) is 17.8 Å². The Labute approximate surface area is 280 Å². The number of carbonyl (C=O) groups excluding carboxylic acids is 3. The molecule has 0 aliphatic carbocycles. The van der Waals surface area contributed by atoms with Gasteiger partial charge in [0.2, 0.25) is 6.29 Å². The van der Waals surface area contributed by atoms with Crippen LogP contribution in [0.4, 0.5) is 0 Å². The summed E-state index contributed by atoms with van der Waals surface area (Å²) in [7, 11) is 2.42. The molecule has 2 aromatic rings. The lowest BCUT2D eigenvalue weighted by Gasteiger charge is -2.42. The summed E-state index contributed by atoms with van der Waals surface area (Å²) in [5, 5.41) is 60.0. The van der Waals surface area contributed by atoms with Gasteiger partial charge in [-0.15, -0.1) is 0 Å². The summed E-state index contributed by atoms with van der Waals surface area (Å²) in [6.45, 7) is -1.24. The zero-order valence-electron chi connectivity index (χ0n) is 26.5. The van der Waals surface area contributed by atoms with Crippen molar-refractivity contribution in [2.45, 2.75) is 49.8 Å². The van der Waals surface area contributed by atoms with E-state index < -0.39 is 80.5 Å². The normalized spacial score (nSPS) is 25.9. The fourth-order valence-electron chi connectivity index (χ4n) is 5.10. The fourth-order valence-corrected chi connectivity index (χ4v) is 5.10. The summed E-state index contributed by atoms with van der Waals surface area (Å²) in [5.41, 5.74) is 0.721. The van der Waals surface area contributed by atoms with E-state index in [9.17, 15) is 45.0 Å². The van der Waals surface area contributed by atoms with Crippen LogP contribution in [-0.2, 0) is 44.4 Å². The van der Waals surface area contributed by atoms with E-state index in [2.05, 4.69) is 0 Å². The van der Waals surface area contributed by atoms with Crippen LogP contribution in [-0.4, -0.2) is 120 Å². The second kappa shape index (κ2) is 17.1. The number of rotatable bonds is 13. The first-order valence-corrected chi connectivity index (χ1v) is 15.0. The standard InChI is InChI=1S/C33H38O16/c1-43-24-13-18(5-8-23(24)36)30(41)46-12-10-20-21(14-26(37)45-11-9-17-3-6-19(35)7-4-17)22(31(42)44-2)16-47-32(20)49-33-29(40)28(39)27(38)25(15-34)48-33/h3-8,10,13,16,21,25,27-29,32-36,38-40H,9,11-12,14-15H2,1-2H3/b20-10-/t21-,25-,27-,28+,29-,32+,33+/m1/s1. The molecule has 49 heavy (non-hydrogen) atoms. The first kappa shape index (κ1) is 37.1. The Morgan fingerprint density at radius 1 is 0.918 bits per heavy atom. The number of esters is 3. The molecule has 0 unspecified atom stereocenters. The molecule has 16 heteroatoms. The van der Waals surface area contributed by atoms with Crippen molar-refractivity contribution in [3.05, 3.63) is 77.1 Å². The van der Waals surface area contributed by atoms with Gasteiger partial charge < -0.3 is 63.8 Å². The van der Waals surface area contributed by atoms with Crippen LogP contribution in [0.2, 0.25) is 0 Å². The van der Waals surface area contributed by atoms with Gasteiger partial charge in [-0.3, -0.25) is 4.79 Å². The SMILES string of the molecule is COC(=O)C1=CO[C@@H](O[C@@H]2O[C@H](CO)[C@@H](O)[C@H](O)[C@H]2O)/C(=C\COC(=O)c2ccc(O)c(OC)c2)[C@H]1CC(=O)OCCc1ccc(O)cc1. The number of aliphatic hydroxyl groups excluding tert-OH is 4. The molecule has 2 aliphatic rings. The maximum absolute atomic E-state index is 13.1. The smallest absolute Gasteiger partial charge is 0.338 e. The third kappa shape index (κ3) is 9.26. The van der Waals surface area contributed by atoms with E-state index in [1.807, 2.05) is 0 Å². The van der Waals surface area contributed by atoms with Crippen LogP contribution in [0.1, 0.15) is 22.3 Å². The lowest BCUT2D eigenvalue weighted by Crippen LogP contribution is -2.60. The van der Waals surface area contributed by atoms with Crippen molar-refractivity contribution >= 4 is 17.9 Å². The van der Waals surface area contributed by atoms with Crippen molar-refractivity contribution in [2.75, 3.05) is 34.0 Å². The van der Waals surface area contributed by atoms with Crippen molar-refractivity contribution in [2.24, 2.45) is 5.92 Å². The molecular formula is C33H38O16. The first-order chi connectivity index (χ1) is 23.5. The van der Waals surface area contributed by atoms with E-state index >= 15 is 0 Å². The molecule has 1 fully saturated rings. The van der Waals surface area contributed by atoms with E-state index in [1.54, 1.807) is 12.1 Å². The average Bonchev–Trinajstić information content (AvgIpc) is 3.10. The molecule has 7 atom stereocenters. The van der Waals surface area contributed by atoms with Gasteiger partial charge in [-0.05, 0) is 42.0 Å². The number of carbonyl (C=O) groups is 3. The van der Waals surface area contributed by atoms with E-state index in [-0.39, 0.29) is 40.6 Å². The lowest BCUT2D eigenvalue weighted by molar-refractivity contribution is -0.327. The molecule has 0 aromatic heterocycles. The van der Waals surface area contributed by atoms with E-state index in [0.717, 1.165) is 18.9 Å². The van der Waals surface area contributed by atoms with E-state index in [4.69, 9.17) is 33.2 Å². The highest BCUT2D eigenvalue weighted by Crippen LogP contribution is 2.36. The van der Waals surface area contributed by atoms with Crippen molar-refractivity contribution in [3.8, 4) is 17.2 Å². The van der Waals surface area contributed by atoms with Crippen molar-refractivity contribution < 1.29 is 78.2 Å². The van der Waals surface area contributed by atoms with Crippen LogP contribution in [0.15, 0.2) is 65.9 Å². The van der Waals surface area contributed by atoms with Gasteiger partial charge in [0, 0.05) is 17.9 Å². The Kier molecular flexibility index (Phi) is 13.0. The quantitative estimate of drug-likeness (QED) is 0.0936. The van der Waals surface area contributed by atoms with Gasteiger partial charge in [0.1, 0.15) is 36.8 Å². The maximum atomic E-state index is 13.1. The first-order valence-electron chi connectivity index (χ1n) is 15.0. The van der Waals surface area contributed by atoms with Crippen molar-refractivity contribution in [1.82, 2.24) is 0 Å². The highest BCUT2D eigenvalue weighted by atomic mass is 16.8. The number of phenolic OH excluding ortho intramolecular Hbond substituents is 2. The molecule has 16 nitrogen and oxygen atoms in total. The van der Waals surface area contributed by atoms with Crippen molar-refractivity contribution in [1.29, 1.82) is 0 Å². The second-order valence-electron chi connectivity index (χ2n) is 10.9. The molecule has 2 heterocycles. The molecule has 6 N–H and O–H groups in total. The molecule has 2 aromatic carbocycles. The number of methoxy groups -OCH3 is 2. The van der Waals surface area contributed by atoms with Crippen LogP contribution < -0.4 is 4.74 Å². The summed E-state index contributed by atoms with van der Waals surface area (Å²) in [6, 6.07) is 10.1. The highest BCUT2D eigenvalue weighted by molar-refractivity contribution is 5.91. The largest absolute Gasteiger partial charge is 0.508 e. The number of aliphatic hydroxyl groups is 4. The minimum atomic E-state index is -1.82. The third-order valence-electron chi connectivity index (χ3n) is 7.81. The number of phenols is 2. The molecule has 0 amide bonds. The van der Waals surface area contributed by atoms with Gasteiger partial charge in [-0.1, -0.05) is 12.1 Å². The Balaban J connectivity index is 1.59. The summed E-state index contributed by atoms with van der Waals surface area (Å²) >= 11 is 0. The predicted octanol–water partition coefficient (Wildman–Crippen LogP) is 0.212. The number of aromatic hydroxyl groups is 2. The fraction of sp³-hybridized carbons (Fsp3) is 0.424. The van der Waals surface area contributed by atoms with Gasteiger partial charge in [0.25, 0.3) is 0 Å². The van der Waals surface area contributed by atoms with Crippen LogP contribution >= 0.6 is 0 Å². The Morgan fingerprint density at radius 2 is 1.65 bits per heavy atom. The Hall–Kier alpha value is -4.71. The zero-order valence-corrected chi connectivity index (χ0v) is 26.5. The zero-order chi connectivity index (χ0) is 35.7. The van der Waals surface area contributed by atoms with Gasteiger partial charge in [0.05, 0.1) is 51.3 Å². The number of benzene rings is 2. The minimum Gasteiger partial charge on any atom is -0.508 e. The van der Waals surface area contributed by atoms with E-state index in [0.29, 0.717) is 6.42 Å². The summed E-state index contributed by atoms with van der Waals surface area (Å²) < 4.78 is 37.6. The minimum absolute atomic E-state index is 0.0262. The molecule has 2 aliphatic heterocycles. The maximum Gasteiger partial charge on any atom is 0.338 e. The summed E-state index contributed by atoms with van der Waals surface area (Å²) in [4.78, 5) is 38.7. The highest BCUT2D eigenvalue weighted by Gasteiger charge is 2.47. The van der Waals surface area contributed by atoms with E-state index in [1.165, 1.54) is 43.5 Å². The van der Waals surface area contributed by atoms with Gasteiger partial charge >= 0.3 is 17.9 Å². The number of hydrogen-bond donors (Lipinski definition) is 6. The summed E-state index contributed by atoms with van der Waals surface area (Å²) in [5.74, 6) is -3.68. The van der Waals surface area contributed by atoms with Crippen LogP contribution in [0.5, 0.6) is 17.2 Å². The predicted molar refractivity (Wildman–Crippen MR) is 164 cm³/mol. The van der Waals surface area contributed by atoms with Crippen LogP contribution in [0.25, 0.3) is 0 Å². The second-order valence-corrected chi connectivity index (χ2v) is 10.9. The molecule has 0 bridgehead atoms. The molecular weight excluding hydrogens is 652 g/mol. The Bertz CT molecular complexity index is 1520. The van der Waals surface area contributed by atoms with Gasteiger partial charge in [-0.25, -0.2) is 9.59 Å². The summed E-state index contributed by atoms with van der Waals surface area (Å²) in [6.07, 6.45) is -7.64. The molecule has 266 valence electrons. The molecule has 0 spiro atoms. The topological polar surface area (TPSA) is 237 Å². The molecule has 0 saturated carbocycles. The average molecular weight is 691 g/mol. The van der Waals surface area contributed by atoms with Gasteiger partial charge in [-0.2, -0.15) is 0 Å². The lowest BCUT2D eigenvalue weighted by atomic mass is 9.86. The Morgan fingerprint density at radius 3 is 2.33 bits per heavy atom. The van der Waals surface area contributed by atoms with Crippen molar-refractivity contribution in [3.63, 3.8) is 0 Å². The van der Waals surface area contributed by atoms with Crippen LogP contribution in [0.3, 0.4) is 0 Å². The number of hydrogen-bond acceptors (Lipinski definition) is 16. The monoisotopic (exact) mass is 690 g/mol. The molecule has 4 rings (SSSR count).